The van der Waals surface area contributed by atoms with Crippen LogP contribution < -0.4 is 5.73 Å². The first-order chi connectivity index (χ1) is 9.65. The smallest absolute Gasteiger partial charge is 0.140 e. The maximum Gasteiger partial charge on any atom is 0.140 e. The van der Waals surface area contributed by atoms with Gasteiger partial charge >= 0.3 is 0 Å². The average Bonchev–Trinajstić information content (AvgIpc) is 2.45. The summed E-state index contributed by atoms with van der Waals surface area (Å²) in [4.78, 5) is 9.39. The van der Waals surface area contributed by atoms with Crippen LogP contribution in [0, 0.1) is 9.49 Å². The number of nitrogens with zero attached hydrogens (tertiary/aromatic N) is 2. The fraction of sp³-hybridized carbons (Fsp3) is 0.750. The van der Waals surface area contributed by atoms with Gasteiger partial charge in [0.25, 0.3) is 0 Å². The highest BCUT2D eigenvalue weighted by atomic mass is 127. The van der Waals surface area contributed by atoms with E-state index in [1.807, 2.05) is 0 Å². The molecule has 4 heteroatoms. The largest absolute Gasteiger partial charge is 0.383 e. The molecule has 1 fully saturated rings. The molecule has 0 saturated heterocycles. The standard InChI is InChI=1S/C16H26IN3/c1-3-5-11-7-9-12(10-8-11)16-19-13(6-4-2)14(17)15(18)20-16/h11-12H,3-10H2,1-2H3,(H2,18,19,20). The van der Waals surface area contributed by atoms with E-state index in [0.29, 0.717) is 11.7 Å². The molecule has 0 amide bonds. The Bertz CT molecular complexity index is 440. The second kappa shape index (κ2) is 7.57. The molecule has 20 heavy (non-hydrogen) atoms. The van der Waals surface area contributed by atoms with E-state index in [9.17, 15) is 0 Å². The number of hydrogen-bond donors (Lipinski definition) is 1. The number of hydrogen-bond acceptors (Lipinski definition) is 3. The topological polar surface area (TPSA) is 51.8 Å². The zero-order chi connectivity index (χ0) is 14.5. The lowest BCUT2D eigenvalue weighted by atomic mass is 9.80. The normalized spacial score (nSPS) is 22.9. The fourth-order valence-electron chi connectivity index (χ4n) is 3.24. The van der Waals surface area contributed by atoms with Crippen LogP contribution in [0.5, 0.6) is 0 Å². The van der Waals surface area contributed by atoms with Gasteiger partial charge in [0.15, 0.2) is 0 Å². The first kappa shape index (κ1) is 16.0. The SMILES string of the molecule is CCCc1nc(C2CCC(CCC)CC2)nc(N)c1I. The van der Waals surface area contributed by atoms with Crippen molar-refractivity contribution in [2.24, 2.45) is 5.92 Å². The maximum absolute atomic E-state index is 6.07. The number of rotatable bonds is 5. The van der Waals surface area contributed by atoms with Gasteiger partial charge in [-0.3, -0.25) is 0 Å². The molecule has 1 aliphatic rings. The first-order valence-electron chi connectivity index (χ1n) is 7.97. The third-order valence-corrected chi connectivity index (χ3v) is 5.53. The van der Waals surface area contributed by atoms with Gasteiger partial charge in [-0.15, -0.1) is 0 Å². The first-order valence-corrected chi connectivity index (χ1v) is 9.05. The van der Waals surface area contributed by atoms with Crippen molar-refractivity contribution in [2.75, 3.05) is 5.73 Å². The average molecular weight is 387 g/mol. The zero-order valence-corrected chi connectivity index (χ0v) is 14.8. The van der Waals surface area contributed by atoms with Crippen LogP contribution in [0.4, 0.5) is 5.82 Å². The maximum atomic E-state index is 6.07. The summed E-state index contributed by atoms with van der Waals surface area (Å²) >= 11 is 2.28. The molecular formula is C16H26IN3. The van der Waals surface area contributed by atoms with Gasteiger partial charge in [0.2, 0.25) is 0 Å². The minimum absolute atomic E-state index is 0.526. The summed E-state index contributed by atoms with van der Waals surface area (Å²) in [5.74, 6) is 3.13. The van der Waals surface area contributed by atoms with Crippen molar-refractivity contribution in [1.82, 2.24) is 9.97 Å². The summed E-state index contributed by atoms with van der Waals surface area (Å²) in [7, 11) is 0. The van der Waals surface area contributed by atoms with Crippen LogP contribution in [0.1, 0.15) is 76.2 Å². The predicted molar refractivity (Wildman–Crippen MR) is 92.8 cm³/mol. The molecule has 0 radical (unpaired) electrons. The highest BCUT2D eigenvalue weighted by Gasteiger charge is 2.25. The van der Waals surface area contributed by atoms with Gasteiger partial charge in [-0.1, -0.05) is 33.1 Å². The Labute approximate surface area is 136 Å². The van der Waals surface area contributed by atoms with E-state index < -0.39 is 0 Å². The number of anilines is 1. The van der Waals surface area contributed by atoms with Crippen LogP contribution in [-0.2, 0) is 6.42 Å². The van der Waals surface area contributed by atoms with Crippen LogP contribution in [0.2, 0.25) is 0 Å². The van der Waals surface area contributed by atoms with Crippen LogP contribution in [0.25, 0.3) is 0 Å². The van der Waals surface area contributed by atoms with Gasteiger partial charge in [0, 0.05) is 5.92 Å². The third-order valence-electron chi connectivity index (χ3n) is 4.36. The van der Waals surface area contributed by atoms with Crippen molar-refractivity contribution in [1.29, 1.82) is 0 Å². The minimum Gasteiger partial charge on any atom is -0.383 e. The number of halogens is 1. The summed E-state index contributed by atoms with van der Waals surface area (Å²) in [5, 5.41) is 0. The van der Waals surface area contributed by atoms with Crippen LogP contribution in [0.15, 0.2) is 0 Å². The van der Waals surface area contributed by atoms with Gasteiger partial charge < -0.3 is 5.73 Å². The zero-order valence-electron chi connectivity index (χ0n) is 12.7. The van der Waals surface area contributed by atoms with Gasteiger partial charge in [-0.2, -0.15) is 0 Å². The molecule has 0 spiro atoms. The lowest BCUT2D eigenvalue weighted by molar-refractivity contribution is 0.302. The molecule has 0 bridgehead atoms. The quantitative estimate of drug-likeness (QED) is 0.746. The van der Waals surface area contributed by atoms with Crippen LogP contribution in [0.3, 0.4) is 0 Å². The van der Waals surface area contributed by atoms with Crippen molar-refractivity contribution in [3.63, 3.8) is 0 Å². The molecule has 0 atom stereocenters. The second-order valence-corrected chi connectivity index (χ2v) is 7.06. The van der Waals surface area contributed by atoms with Crippen molar-refractivity contribution in [2.45, 2.75) is 71.1 Å². The van der Waals surface area contributed by atoms with Gasteiger partial charge in [-0.25, -0.2) is 9.97 Å². The van der Waals surface area contributed by atoms with E-state index in [1.54, 1.807) is 0 Å². The van der Waals surface area contributed by atoms with Crippen LogP contribution in [-0.4, -0.2) is 9.97 Å². The highest BCUT2D eigenvalue weighted by Crippen LogP contribution is 2.36. The molecule has 2 N–H and O–H groups in total. The molecule has 1 saturated carbocycles. The van der Waals surface area contributed by atoms with Gasteiger partial charge in [0.05, 0.1) is 9.26 Å². The highest BCUT2D eigenvalue weighted by molar-refractivity contribution is 14.1. The fourth-order valence-corrected chi connectivity index (χ4v) is 3.75. The number of nitrogens with two attached hydrogens (primary N) is 1. The summed E-state index contributed by atoms with van der Waals surface area (Å²) in [6.07, 6.45) is 9.92. The molecule has 112 valence electrons. The van der Waals surface area contributed by atoms with E-state index in [0.717, 1.165) is 33.8 Å². The molecule has 3 nitrogen and oxygen atoms in total. The van der Waals surface area contributed by atoms with E-state index in [2.05, 4.69) is 41.4 Å². The molecule has 0 unspecified atom stereocenters. The number of nitrogen functional groups attached to an aromatic ring is 1. The van der Waals surface area contributed by atoms with Crippen molar-refractivity contribution in [3.05, 3.63) is 15.1 Å². The van der Waals surface area contributed by atoms with E-state index >= 15 is 0 Å². The number of aromatic nitrogens is 2. The lowest BCUT2D eigenvalue weighted by Gasteiger charge is -2.27. The Balaban J connectivity index is 2.09. The number of aryl methyl sites for hydroxylation is 1. The Morgan fingerprint density at radius 1 is 1.10 bits per heavy atom. The molecule has 1 aliphatic carbocycles. The minimum atomic E-state index is 0.526. The van der Waals surface area contributed by atoms with E-state index in [1.165, 1.54) is 38.5 Å². The summed E-state index contributed by atoms with van der Waals surface area (Å²) in [6.45, 7) is 4.47. The summed E-state index contributed by atoms with van der Waals surface area (Å²) in [5.41, 5.74) is 7.22. The Morgan fingerprint density at radius 2 is 1.80 bits per heavy atom. The van der Waals surface area contributed by atoms with Crippen LogP contribution >= 0.6 is 22.6 Å². The lowest BCUT2D eigenvalue weighted by Crippen LogP contribution is -2.17. The Kier molecular flexibility index (Phi) is 6.05. The molecule has 0 aliphatic heterocycles. The van der Waals surface area contributed by atoms with E-state index in [4.69, 9.17) is 10.7 Å². The summed E-state index contributed by atoms with van der Waals surface area (Å²) in [6, 6.07) is 0. The van der Waals surface area contributed by atoms with Crippen molar-refractivity contribution < 1.29 is 0 Å². The van der Waals surface area contributed by atoms with Crippen molar-refractivity contribution in [3.8, 4) is 0 Å². The molecular weight excluding hydrogens is 361 g/mol. The van der Waals surface area contributed by atoms with Gasteiger partial charge in [0.1, 0.15) is 11.6 Å². The Morgan fingerprint density at radius 3 is 2.40 bits per heavy atom. The molecule has 1 aromatic rings. The Hall–Kier alpha value is -0.390. The van der Waals surface area contributed by atoms with E-state index in [-0.39, 0.29) is 0 Å². The molecule has 1 aromatic heterocycles. The third kappa shape index (κ3) is 3.83. The molecule has 2 rings (SSSR count). The molecule has 1 heterocycles. The van der Waals surface area contributed by atoms with Crippen molar-refractivity contribution >= 4 is 28.4 Å². The monoisotopic (exact) mass is 387 g/mol. The summed E-state index contributed by atoms with van der Waals surface area (Å²) < 4.78 is 1.05. The molecule has 0 aromatic carbocycles. The second-order valence-electron chi connectivity index (χ2n) is 5.98. The predicted octanol–water partition coefficient (Wildman–Crippen LogP) is 4.69. The van der Waals surface area contributed by atoms with Gasteiger partial charge in [-0.05, 0) is 60.6 Å².